The van der Waals surface area contributed by atoms with Gasteiger partial charge in [-0.25, -0.2) is 0 Å². The van der Waals surface area contributed by atoms with Crippen LogP contribution in [-0.2, 0) is 21.7 Å². The Kier molecular flexibility index (Phi) is 7.99. The highest BCUT2D eigenvalue weighted by Crippen LogP contribution is 2.51. The van der Waals surface area contributed by atoms with Crippen LogP contribution in [0.4, 0.5) is 0 Å². The van der Waals surface area contributed by atoms with Crippen molar-refractivity contribution in [2.24, 2.45) is 0 Å². The van der Waals surface area contributed by atoms with Crippen LogP contribution in [-0.4, -0.2) is 0 Å². The maximum Gasteiger partial charge on any atom is -0.00201 e. The summed E-state index contributed by atoms with van der Waals surface area (Å²) in [6.45, 7) is 27.5. The molecular weight excluding hydrogens is 528 g/mol. The van der Waals surface area contributed by atoms with E-state index < -0.39 is 0 Å². The molecule has 0 fully saturated rings. The van der Waals surface area contributed by atoms with Gasteiger partial charge in [0.05, 0.1) is 0 Å². The number of allylic oxidation sites excluding steroid dienone is 2. The average Bonchev–Trinajstić information content (AvgIpc) is 3.25. The van der Waals surface area contributed by atoms with Crippen LogP contribution in [0.3, 0.4) is 0 Å². The summed E-state index contributed by atoms with van der Waals surface area (Å²) in [5.74, 6) is 0. The second-order valence-corrected chi connectivity index (χ2v) is 16.8. The zero-order chi connectivity index (χ0) is 32.2. The van der Waals surface area contributed by atoms with Crippen molar-refractivity contribution in [2.75, 3.05) is 0 Å². The van der Waals surface area contributed by atoms with Crippen LogP contribution in [0.5, 0.6) is 0 Å². The molecule has 1 aliphatic rings. The lowest BCUT2D eigenvalue weighted by molar-refractivity contribution is 0.589. The van der Waals surface area contributed by atoms with E-state index >= 15 is 0 Å². The molecule has 0 N–H and O–H groups in total. The molecule has 4 aromatic rings. The minimum atomic E-state index is 0.0556. The van der Waals surface area contributed by atoms with Crippen LogP contribution in [0, 0.1) is 0 Å². The predicted molar refractivity (Wildman–Crippen MR) is 194 cm³/mol. The minimum absolute atomic E-state index is 0.0556. The SMILES string of the molecule is CC(C)(C)c1ccc(/C=C2/C(c3ccc(C(C)(C)C)cc3)=C(c3ccc(C(C)(C)C)cc3)c3cc(C(C)(C)C)ccc32)cc1. The highest BCUT2D eigenvalue weighted by molar-refractivity contribution is 6.27. The molecule has 0 bridgehead atoms. The van der Waals surface area contributed by atoms with Crippen molar-refractivity contribution in [3.8, 4) is 0 Å². The fourth-order valence-electron chi connectivity index (χ4n) is 6.13. The summed E-state index contributed by atoms with van der Waals surface area (Å²) in [6, 6.07) is 35.0. The van der Waals surface area contributed by atoms with Crippen LogP contribution >= 0.6 is 0 Å². The molecule has 0 spiro atoms. The second kappa shape index (κ2) is 11.1. The quantitative estimate of drug-likeness (QED) is 0.226. The average molecular weight is 581 g/mol. The third-order valence-electron chi connectivity index (χ3n) is 9.13. The largest absolute Gasteiger partial charge is 0.0579 e. The fraction of sp³-hybridized carbons (Fsp3) is 0.364. The Morgan fingerprint density at radius 1 is 0.364 bits per heavy atom. The lowest BCUT2D eigenvalue weighted by Crippen LogP contribution is -2.11. The first-order valence-corrected chi connectivity index (χ1v) is 16.3. The summed E-state index contributed by atoms with van der Waals surface area (Å²) in [4.78, 5) is 0. The highest BCUT2D eigenvalue weighted by atomic mass is 14.3. The maximum absolute atomic E-state index is 2.45. The van der Waals surface area contributed by atoms with Gasteiger partial charge in [-0.05, 0) is 101 Å². The van der Waals surface area contributed by atoms with E-state index in [1.54, 1.807) is 0 Å². The lowest BCUT2D eigenvalue weighted by Gasteiger charge is -2.21. The van der Waals surface area contributed by atoms with Gasteiger partial charge in [0.15, 0.2) is 0 Å². The Morgan fingerprint density at radius 2 is 0.727 bits per heavy atom. The third-order valence-corrected chi connectivity index (χ3v) is 9.13. The summed E-state index contributed by atoms with van der Waals surface area (Å²) in [5.41, 5.74) is 16.1. The monoisotopic (exact) mass is 580 g/mol. The summed E-state index contributed by atoms with van der Waals surface area (Å²) in [5, 5.41) is 0. The van der Waals surface area contributed by atoms with Crippen molar-refractivity contribution in [3.63, 3.8) is 0 Å². The summed E-state index contributed by atoms with van der Waals surface area (Å²) in [6.07, 6.45) is 2.41. The fourth-order valence-corrected chi connectivity index (χ4v) is 6.13. The van der Waals surface area contributed by atoms with Gasteiger partial charge in [0.2, 0.25) is 0 Å². The van der Waals surface area contributed by atoms with Gasteiger partial charge in [-0.2, -0.15) is 0 Å². The lowest BCUT2D eigenvalue weighted by atomic mass is 9.83. The number of hydrogen-bond donors (Lipinski definition) is 0. The van der Waals surface area contributed by atoms with Gasteiger partial charge in [-0.15, -0.1) is 0 Å². The Hall–Kier alpha value is -3.64. The Bertz CT molecular complexity index is 1710. The smallest absolute Gasteiger partial charge is 0.00201 e. The molecule has 4 aromatic carbocycles. The summed E-state index contributed by atoms with van der Waals surface area (Å²) < 4.78 is 0. The zero-order valence-electron chi connectivity index (χ0n) is 29.2. The van der Waals surface area contributed by atoms with E-state index in [9.17, 15) is 0 Å². The maximum atomic E-state index is 2.45. The Morgan fingerprint density at radius 3 is 1.14 bits per heavy atom. The van der Waals surface area contributed by atoms with Crippen LogP contribution < -0.4 is 0 Å². The molecule has 5 rings (SSSR count). The van der Waals surface area contributed by atoms with Crippen molar-refractivity contribution in [2.45, 2.75) is 105 Å². The minimum Gasteiger partial charge on any atom is -0.0579 e. The molecule has 0 heterocycles. The summed E-state index contributed by atoms with van der Waals surface area (Å²) >= 11 is 0. The van der Waals surface area contributed by atoms with Gasteiger partial charge in [0.25, 0.3) is 0 Å². The van der Waals surface area contributed by atoms with E-state index in [-0.39, 0.29) is 21.7 Å². The van der Waals surface area contributed by atoms with Crippen LogP contribution in [0.15, 0.2) is 91.0 Å². The van der Waals surface area contributed by atoms with Crippen molar-refractivity contribution in [3.05, 3.63) is 141 Å². The van der Waals surface area contributed by atoms with E-state index in [0.29, 0.717) is 0 Å². The molecule has 0 heteroatoms. The number of fused-ring (bicyclic) bond motifs is 1. The van der Waals surface area contributed by atoms with Crippen LogP contribution in [0.1, 0.15) is 133 Å². The van der Waals surface area contributed by atoms with Crippen molar-refractivity contribution in [1.82, 2.24) is 0 Å². The van der Waals surface area contributed by atoms with Gasteiger partial charge < -0.3 is 0 Å². The molecule has 1 aliphatic carbocycles. The molecule has 0 saturated heterocycles. The molecule has 0 aliphatic heterocycles. The van der Waals surface area contributed by atoms with E-state index in [1.165, 1.54) is 66.8 Å². The molecule has 0 aromatic heterocycles. The molecule has 228 valence electrons. The standard InChI is InChI=1S/C44H52/c1-41(2,3)32-19-13-29(14-20-32)27-37-36-26-25-35(44(10,11)12)28-38(36)40(31-17-23-34(24-18-31)43(7,8)9)39(37)30-15-21-33(22-16-30)42(4,5)6/h13-28H,1-12H3/b37-27+. The number of benzene rings is 4. The third kappa shape index (κ3) is 6.41. The first kappa shape index (κ1) is 31.8. The van der Waals surface area contributed by atoms with Crippen molar-refractivity contribution >= 4 is 22.8 Å². The van der Waals surface area contributed by atoms with E-state index in [2.05, 4.69) is 180 Å². The van der Waals surface area contributed by atoms with Crippen molar-refractivity contribution < 1.29 is 0 Å². The van der Waals surface area contributed by atoms with Gasteiger partial charge in [-0.3, -0.25) is 0 Å². The molecule has 0 atom stereocenters. The molecule has 0 saturated carbocycles. The topological polar surface area (TPSA) is 0 Å². The molecule has 0 unspecified atom stereocenters. The highest BCUT2D eigenvalue weighted by Gasteiger charge is 2.31. The normalized spacial score (nSPS) is 15.2. The van der Waals surface area contributed by atoms with E-state index in [1.807, 2.05) is 0 Å². The molecule has 0 radical (unpaired) electrons. The van der Waals surface area contributed by atoms with Crippen LogP contribution in [0.2, 0.25) is 0 Å². The van der Waals surface area contributed by atoms with Gasteiger partial charge in [-0.1, -0.05) is 168 Å². The molecule has 44 heavy (non-hydrogen) atoms. The zero-order valence-corrected chi connectivity index (χ0v) is 29.2. The Labute approximate surface area is 268 Å². The molecule has 0 nitrogen and oxygen atoms in total. The molecular formula is C44H52. The van der Waals surface area contributed by atoms with Gasteiger partial charge in [0, 0.05) is 0 Å². The number of rotatable bonds is 3. The summed E-state index contributed by atoms with van der Waals surface area (Å²) in [7, 11) is 0. The van der Waals surface area contributed by atoms with Crippen molar-refractivity contribution in [1.29, 1.82) is 0 Å². The van der Waals surface area contributed by atoms with Gasteiger partial charge >= 0.3 is 0 Å². The second-order valence-electron chi connectivity index (χ2n) is 16.8. The molecule has 0 amide bonds. The van der Waals surface area contributed by atoms with E-state index in [4.69, 9.17) is 0 Å². The first-order valence-electron chi connectivity index (χ1n) is 16.3. The van der Waals surface area contributed by atoms with E-state index in [0.717, 1.165) is 0 Å². The number of hydrogen-bond acceptors (Lipinski definition) is 0. The Balaban J connectivity index is 1.81. The first-order chi connectivity index (χ1) is 20.3. The van der Waals surface area contributed by atoms with Gasteiger partial charge in [0.1, 0.15) is 0 Å². The van der Waals surface area contributed by atoms with Crippen LogP contribution in [0.25, 0.3) is 22.8 Å². The predicted octanol–water partition coefficient (Wildman–Crippen LogP) is 12.4.